The third kappa shape index (κ3) is 5.69. The number of benzene rings is 1. The predicted octanol–water partition coefficient (Wildman–Crippen LogP) is 1.13. The molecule has 0 radical (unpaired) electrons. The summed E-state index contributed by atoms with van der Waals surface area (Å²) in [5.74, 6) is -0.349. The first-order valence-electron chi connectivity index (χ1n) is 7.06. The summed E-state index contributed by atoms with van der Waals surface area (Å²) in [6.45, 7) is 4.71. The van der Waals surface area contributed by atoms with E-state index in [4.69, 9.17) is 4.74 Å². The van der Waals surface area contributed by atoms with E-state index in [0.717, 1.165) is 11.3 Å². The van der Waals surface area contributed by atoms with Gasteiger partial charge in [0.25, 0.3) is 0 Å². The summed E-state index contributed by atoms with van der Waals surface area (Å²) in [5.41, 5.74) is 1.70. The second kappa shape index (κ2) is 9.31. The molecule has 1 amide bonds. The second-order valence-electron chi connectivity index (χ2n) is 4.63. The zero-order valence-electron chi connectivity index (χ0n) is 12.9. The third-order valence-electron chi connectivity index (χ3n) is 3.18. The Morgan fingerprint density at radius 3 is 2.81 bits per heavy atom. The summed E-state index contributed by atoms with van der Waals surface area (Å²) in [7, 11) is 3.24. The summed E-state index contributed by atoms with van der Waals surface area (Å²) in [6.07, 6.45) is 0. The molecule has 0 saturated heterocycles. The molecule has 1 rings (SSSR count). The lowest BCUT2D eigenvalue weighted by Gasteiger charge is -2.25. The Balaban J connectivity index is 2.85. The second-order valence-corrected chi connectivity index (χ2v) is 4.63. The van der Waals surface area contributed by atoms with Crippen LogP contribution < -0.4 is 15.5 Å². The Morgan fingerprint density at radius 2 is 2.19 bits per heavy atom. The van der Waals surface area contributed by atoms with Gasteiger partial charge in [-0.25, -0.2) is 4.39 Å². The highest BCUT2D eigenvalue weighted by atomic mass is 19.1. The lowest BCUT2D eigenvalue weighted by Crippen LogP contribution is -2.36. The quantitative estimate of drug-likeness (QED) is 0.671. The van der Waals surface area contributed by atoms with Gasteiger partial charge >= 0.3 is 0 Å². The fourth-order valence-electron chi connectivity index (χ4n) is 2.02. The van der Waals surface area contributed by atoms with Crippen LogP contribution in [0.2, 0.25) is 0 Å². The van der Waals surface area contributed by atoms with Crippen molar-refractivity contribution in [2.24, 2.45) is 0 Å². The van der Waals surface area contributed by atoms with Gasteiger partial charge in [-0.3, -0.25) is 4.79 Å². The SMILES string of the molecule is CCN(CC(=O)NC)c1ccc(F)cc1CNCCOC. The van der Waals surface area contributed by atoms with E-state index in [0.29, 0.717) is 26.2 Å². The molecule has 0 aliphatic rings. The molecular weight excluding hydrogens is 273 g/mol. The Labute approximate surface area is 125 Å². The van der Waals surface area contributed by atoms with E-state index in [1.54, 1.807) is 20.2 Å². The molecule has 0 atom stereocenters. The molecule has 0 fully saturated rings. The van der Waals surface area contributed by atoms with Gasteiger partial charge in [-0.2, -0.15) is 0 Å². The molecule has 118 valence electrons. The van der Waals surface area contributed by atoms with E-state index in [1.807, 2.05) is 11.8 Å². The lowest BCUT2D eigenvalue weighted by molar-refractivity contribution is -0.119. The van der Waals surface area contributed by atoms with Crippen molar-refractivity contribution in [3.63, 3.8) is 0 Å². The van der Waals surface area contributed by atoms with Crippen molar-refractivity contribution in [2.75, 3.05) is 45.3 Å². The molecule has 5 nitrogen and oxygen atoms in total. The molecule has 0 aliphatic heterocycles. The number of carbonyl (C=O) groups excluding carboxylic acids is 1. The standard InChI is InChI=1S/C15H24FN3O2/c1-4-19(11-15(20)17-2)14-6-5-13(16)9-12(14)10-18-7-8-21-3/h5-6,9,18H,4,7-8,10-11H2,1-3H3,(H,17,20). The predicted molar refractivity (Wildman–Crippen MR) is 81.9 cm³/mol. The highest BCUT2D eigenvalue weighted by Gasteiger charge is 2.13. The van der Waals surface area contributed by atoms with Crippen LogP contribution in [0.4, 0.5) is 10.1 Å². The van der Waals surface area contributed by atoms with E-state index < -0.39 is 0 Å². The number of likely N-dealkylation sites (N-methyl/N-ethyl adjacent to an activating group) is 2. The largest absolute Gasteiger partial charge is 0.383 e. The first-order chi connectivity index (χ1) is 10.1. The van der Waals surface area contributed by atoms with Crippen LogP contribution in [0.1, 0.15) is 12.5 Å². The number of amides is 1. The minimum atomic E-state index is -0.279. The fraction of sp³-hybridized carbons (Fsp3) is 0.533. The summed E-state index contributed by atoms with van der Waals surface area (Å²) in [5, 5.41) is 5.80. The highest BCUT2D eigenvalue weighted by Crippen LogP contribution is 2.21. The summed E-state index contributed by atoms with van der Waals surface area (Å²) in [4.78, 5) is 13.5. The molecule has 0 heterocycles. The number of carbonyl (C=O) groups is 1. The zero-order valence-corrected chi connectivity index (χ0v) is 12.9. The van der Waals surface area contributed by atoms with Crippen molar-refractivity contribution in [2.45, 2.75) is 13.5 Å². The van der Waals surface area contributed by atoms with Crippen LogP contribution in [-0.2, 0) is 16.1 Å². The number of halogens is 1. The van der Waals surface area contributed by atoms with Gasteiger partial charge in [-0.1, -0.05) is 0 Å². The molecule has 0 aliphatic carbocycles. The molecule has 0 spiro atoms. The van der Waals surface area contributed by atoms with Gasteiger partial charge in [0, 0.05) is 39.5 Å². The van der Waals surface area contributed by atoms with Crippen LogP contribution in [0, 0.1) is 5.82 Å². The van der Waals surface area contributed by atoms with E-state index in [1.165, 1.54) is 12.1 Å². The van der Waals surface area contributed by atoms with E-state index in [-0.39, 0.29) is 18.3 Å². The van der Waals surface area contributed by atoms with Crippen molar-refractivity contribution in [1.29, 1.82) is 0 Å². The number of hydrogen-bond acceptors (Lipinski definition) is 4. The fourth-order valence-corrected chi connectivity index (χ4v) is 2.02. The van der Waals surface area contributed by atoms with Crippen LogP contribution in [0.3, 0.4) is 0 Å². The van der Waals surface area contributed by atoms with E-state index >= 15 is 0 Å². The van der Waals surface area contributed by atoms with Gasteiger partial charge < -0.3 is 20.3 Å². The molecule has 6 heteroatoms. The number of nitrogens with zero attached hydrogens (tertiary/aromatic N) is 1. The van der Waals surface area contributed by atoms with Crippen LogP contribution in [0.15, 0.2) is 18.2 Å². The Morgan fingerprint density at radius 1 is 1.43 bits per heavy atom. The first kappa shape index (κ1) is 17.4. The number of ether oxygens (including phenoxy) is 1. The summed E-state index contributed by atoms with van der Waals surface area (Å²) in [6, 6.07) is 4.64. The average Bonchev–Trinajstić information content (AvgIpc) is 2.49. The number of anilines is 1. The van der Waals surface area contributed by atoms with Crippen LogP contribution >= 0.6 is 0 Å². The molecule has 0 aromatic heterocycles. The zero-order chi connectivity index (χ0) is 15.7. The first-order valence-corrected chi connectivity index (χ1v) is 7.06. The van der Waals surface area contributed by atoms with E-state index in [9.17, 15) is 9.18 Å². The Hall–Kier alpha value is -1.66. The summed E-state index contributed by atoms with van der Waals surface area (Å²) >= 11 is 0. The molecule has 0 bridgehead atoms. The van der Waals surface area contributed by atoms with Crippen LogP contribution in [0.25, 0.3) is 0 Å². The third-order valence-corrected chi connectivity index (χ3v) is 3.18. The van der Waals surface area contributed by atoms with Crippen molar-refractivity contribution < 1.29 is 13.9 Å². The molecule has 0 unspecified atom stereocenters. The maximum atomic E-state index is 13.5. The topological polar surface area (TPSA) is 53.6 Å². The van der Waals surface area contributed by atoms with Gasteiger partial charge in [-0.05, 0) is 30.7 Å². The van der Waals surface area contributed by atoms with Gasteiger partial charge in [-0.15, -0.1) is 0 Å². The van der Waals surface area contributed by atoms with Crippen molar-refractivity contribution in [1.82, 2.24) is 10.6 Å². The van der Waals surface area contributed by atoms with Crippen molar-refractivity contribution >= 4 is 11.6 Å². The number of rotatable bonds is 9. The molecule has 1 aromatic rings. The summed E-state index contributed by atoms with van der Waals surface area (Å²) < 4.78 is 18.4. The monoisotopic (exact) mass is 297 g/mol. The average molecular weight is 297 g/mol. The van der Waals surface area contributed by atoms with Gasteiger partial charge in [0.2, 0.25) is 5.91 Å². The van der Waals surface area contributed by atoms with Crippen molar-refractivity contribution in [3.05, 3.63) is 29.6 Å². The van der Waals surface area contributed by atoms with Gasteiger partial charge in [0.15, 0.2) is 0 Å². The number of hydrogen-bond donors (Lipinski definition) is 2. The van der Waals surface area contributed by atoms with Gasteiger partial charge in [0.1, 0.15) is 5.82 Å². The highest BCUT2D eigenvalue weighted by molar-refractivity contribution is 5.81. The maximum Gasteiger partial charge on any atom is 0.239 e. The van der Waals surface area contributed by atoms with E-state index in [2.05, 4.69) is 10.6 Å². The lowest BCUT2D eigenvalue weighted by atomic mass is 10.1. The Kier molecular flexibility index (Phi) is 7.71. The molecule has 1 aromatic carbocycles. The smallest absolute Gasteiger partial charge is 0.239 e. The minimum Gasteiger partial charge on any atom is -0.383 e. The molecule has 2 N–H and O–H groups in total. The minimum absolute atomic E-state index is 0.0699. The van der Waals surface area contributed by atoms with Gasteiger partial charge in [0.05, 0.1) is 13.2 Å². The Bertz CT molecular complexity index is 455. The molecule has 21 heavy (non-hydrogen) atoms. The molecule has 0 saturated carbocycles. The normalized spacial score (nSPS) is 10.5. The number of methoxy groups -OCH3 is 1. The van der Waals surface area contributed by atoms with Crippen molar-refractivity contribution in [3.8, 4) is 0 Å². The van der Waals surface area contributed by atoms with Crippen LogP contribution in [0.5, 0.6) is 0 Å². The number of nitrogens with one attached hydrogen (secondary N) is 2. The van der Waals surface area contributed by atoms with Crippen LogP contribution in [-0.4, -0.2) is 46.3 Å². The maximum absolute atomic E-state index is 13.5. The molecular formula is C15H24FN3O2.